The zero-order valence-corrected chi connectivity index (χ0v) is 15.1. The molecule has 4 nitrogen and oxygen atoms in total. The van der Waals surface area contributed by atoms with Gasteiger partial charge in [-0.3, -0.25) is 9.59 Å². The first-order valence-corrected chi connectivity index (χ1v) is 8.82. The molecular formula is C16H9Cl2F3N2O2S. The average Bonchev–Trinajstić information content (AvgIpc) is 2.83. The molecule has 1 aliphatic heterocycles. The van der Waals surface area contributed by atoms with Gasteiger partial charge in [0.15, 0.2) is 0 Å². The van der Waals surface area contributed by atoms with E-state index in [-0.39, 0.29) is 16.5 Å². The summed E-state index contributed by atoms with van der Waals surface area (Å²) in [5, 5.41) is -0.529. The number of thioether (sulfide) groups is 1. The van der Waals surface area contributed by atoms with E-state index in [0.29, 0.717) is 16.9 Å². The van der Waals surface area contributed by atoms with Crippen LogP contribution in [0.1, 0.15) is 12.0 Å². The summed E-state index contributed by atoms with van der Waals surface area (Å²) < 4.78 is 38.0. The molecule has 26 heavy (non-hydrogen) atoms. The largest absolute Gasteiger partial charge is 0.417 e. The van der Waals surface area contributed by atoms with Crippen molar-refractivity contribution in [2.75, 3.05) is 4.90 Å². The predicted octanol–water partition coefficient (Wildman–Crippen LogP) is 4.83. The third-order valence-electron chi connectivity index (χ3n) is 3.58. The fourth-order valence-corrected chi connectivity index (χ4v) is 3.77. The number of benzene rings is 1. The fraction of sp³-hybridized carbons (Fsp3) is 0.188. The molecule has 0 aliphatic carbocycles. The van der Waals surface area contributed by atoms with Gasteiger partial charge in [0, 0.05) is 17.6 Å². The summed E-state index contributed by atoms with van der Waals surface area (Å²) in [7, 11) is 0. The van der Waals surface area contributed by atoms with Gasteiger partial charge in [-0.15, -0.1) is 0 Å². The molecule has 2 amide bonds. The van der Waals surface area contributed by atoms with Crippen molar-refractivity contribution in [3.05, 3.63) is 52.1 Å². The number of hydrogen-bond acceptors (Lipinski definition) is 4. The summed E-state index contributed by atoms with van der Waals surface area (Å²) >= 11 is 12.5. The first kappa shape index (κ1) is 19.0. The van der Waals surface area contributed by atoms with Crippen molar-refractivity contribution < 1.29 is 22.8 Å². The molecule has 3 rings (SSSR count). The van der Waals surface area contributed by atoms with E-state index in [1.165, 1.54) is 12.1 Å². The lowest BCUT2D eigenvalue weighted by Gasteiger charge is -2.15. The normalized spacial score (nSPS) is 17.9. The Morgan fingerprint density at radius 2 is 1.81 bits per heavy atom. The van der Waals surface area contributed by atoms with Crippen LogP contribution in [0, 0.1) is 0 Å². The summed E-state index contributed by atoms with van der Waals surface area (Å²) in [6.45, 7) is 0. The highest BCUT2D eigenvalue weighted by Gasteiger charge is 2.41. The standard InChI is InChI=1S/C16H9Cl2F3N2O2S/c17-9-1-3-10(4-2-9)23-13(24)6-12(15(23)25)26-14-11(18)5-8(7-22-14)16(19,20)21/h1-5,7,12H,6H2/t12-/m0/s1. The van der Waals surface area contributed by atoms with Crippen LogP contribution in [0.4, 0.5) is 18.9 Å². The zero-order valence-electron chi connectivity index (χ0n) is 12.8. The van der Waals surface area contributed by atoms with Gasteiger partial charge in [0.25, 0.3) is 0 Å². The van der Waals surface area contributed by atoms with Crippen LogP contribution in [-0.2, 0) is 15.8 Å². The third-order valence-corrected chi connectivity index (χ3v) is 5.43. The second-order valence-corrected chi connectivity index (χ2v) is 7.40. The molecule has 2 aromatic rings. The maximum absolute atomic E-state index is 12.7. The lowest BCUT2D eigenvalue weighted by molar-refractivity contribution is -0.138. The van der Waals surface area contributed by atoms with Crippen LogP contribution in [0.3, 0.4) is 0 Å². The molecule has 1 fully saturated rings. The lowest BCUT2D eigenvalue weighted by atomic mass is 10.3. The molecule has 136 valence electrons. The smallest absolute Gasteiger partial charge is 0.274 e. The van der Waals surface area contributed by atoms with Crippen molar-refractivity contribution in [2.24, 2.45) is 0 Å². The summed E-state index contributed by atoms with van der Waals surface area (Å²) in [5.41, 5.74) is -0.609. The molecule has 0 unspecified atom stereocenters. The van der Waals surface area contributed by atoms with Gasteiger partial charge in [-0.05, 0) is 30.3 Å². The zero-order chi connectivity index (χ0) is 19.1. The molecule has 2 heterocycles. The molecule has 1 atom stereocenters. The summed E-state index contributed by atoms with van der Waals surface area (Å²) in [5.74, 6) is -0.905. The van der Waals surface area contributed by atoms with E-state index in [9.17, 15) is 22.8 Å². The van der Waals surface area contributed by atoms with Crippen LogP contribution in [-0.4, -0.2) is 22.0 Å². The molecular weight excluding hydrogens is 412 g/mol. The van der Waals surface area contributed by atoms with Crippen molar-refractivity contribution in [2.45, 2.75) is 22.9 Å². The topological polar surface area (TPSA) is 50.3 Å². The Hall–Kier alpha value is -1.77. The number of alkyl halides is 3. The van der Waals surface area contributed by atoms with Gasteiger partial charge in [-0.1, -0.05) is 35.0 Å². The van der Waals surface area contributed by atoms with Crippen molar-refractivity contribution in [1.29, 1.82) is 0 Å². The Labute approximate surface area is 160 Å². The highest BCUT2D eigenvalue weighted by molar-refractivity contribution is 8.00. The predicted molar refractivity (Wildman–Crippen MR) is 92.5 cm³/mol. The van der Waals surface area contributed by atoms with E-state index in [0.717, 1.165) is 22.7 Å². The van der Waals surface area contributed by atoms with Gasteiger partial charge in [-0.2, -0.15) is 13.2 Å². The van der Waals surface area contributed by atoms with Gasteiger partial charge in [-0.25, -0.2) is 9.88 Å². The number of pyridine rings is 1. The van der Waals surface area contributed by atoms with Crippen molar-refractivity contribution >= 4 is 52.5 Å². The van der Waals surface area contributed by atoms with Gasteiger partial charge >= 0.3 is 6.18 Å². The minimum absolute atomic E-state index is 0.0590. The quantitative estimate of drug-likeness (QED) is 0.667. The fourth-order valence-electron chi connectivity index (χ4n) is 2.36. The highest BCUT2D eigenvalue weighted by Crippen LogP contribution is 2.38. The van der Waals surface area contributed by atoms with E-state index in [2.05, 4.69) is 4.98 Å². The maximum atomic E-state index is 12.7. The Bertz CT molecular complexity index is 875. The maximum Gasteiger partial charge on any atom is 0.417 e. The van der Waals surface area contributed by atoms with E-state index in [1.54, 1.807) is 12.1 Å². The van der Waals surface area contributed by atoms with Crippen molar-refractivity contribution in [3.63, 3.8) is 0 Å². The third kappa shape index (κ3) is 3.82. The Balaban J connectivity index is 1.80. The first-order chi connectivity index (χ1) is 12.2. The highest BCUT2D eigenvalue weighted by atomic mass is 35.5. The number of carbonyl (C=O) groups is 2. The number of imide groups is 1. The molecule has 0 spiro atoms. The minimum Gasteiger partial charge on any atom is -0.274 e. The van der Waals surface area contributed by atoms with Crippen LogP contribution in [0.15, 0.2) is 41.6 Å². The molecule has 1 saturated heterocycles. The Morgan fingerprint density at radius 3 is 2.38 bits per heavy atom. The molecule has 0 saturated carbocycles. The first-order valence-electron chi connectivity index (χ1n) is 7.18. The number of anilines is 1. The number of aromatic nitrogens is 1. The van der Waals surface area contributed by atoms with Crippen molar-refractivity contribution in [1.82, 2.24) is 4.98 Å². The van der Waals surface area contributed by atoms with Crippen LogP contribution >= 0.6 is 35.0 Å². The Kier molecular flexibility index (Phi) is 5.18. The molecule has 1 aromatic carbocycles. The second-order valence-electron chi connectivity index (χ2n) is 5.36. The summed E-state index contributed by atoms with van der Waals surface area (Å²) in [6, 6.07) is 6.91. The molecule has 10 heteroatoms. The van der Waals surface area contributed by atoms with Crippen LogP contribution in [0.2, 0.25) is 10.0 Å². The van der Waals surface area contributed by atoms with E-state index >= 15 is 0 Å². The van der Waals surface area contributed by atoms with Gasteiger partial charge in [0.1, 0.15) is 5.03 Å². The van der Waals surface area contributed by atoms with Gasteiger partial charge in [0.2, 0.25) is 11.8 Å². The van der Waals surface area contributed by atoms with Crippen LogP contribution in [0.25, 0.3) is 0 Å². The van der Waals surface area contributed by atoms with Gasteiger partial charge < -0.3 is 0 Å². The average molecular weight is 421 g/mol. The number of hydrogen-bond donors (Lipinski definition) is 0. The number of carbonyl (C=O) groups excluding carboxylic acids is 2. The number of rotatable bonds is 3. The molecule has 0 radical (unpaired) electrons. The molecule has 0 N–H and O–H groups in total. The van der Waals surface area contributed by atoms with Crippen LogP contribution < -0.4 is 4.90 Å². The number of nitrogens with zero attached hydrogens (tertiary/aromatic N) is 2. The minimum atomic E-state index is -4.57. The summed E-state index contributed by atoms with van der Waals surface area (Å²) in [4.78, 5) is 29.4. The monoisotopic (exact) mass is 420 g/mol. The number of halogens is 5. The lowest BCUT2D eigenvalue weighted by Crippen LogP contribution is -2.31. The van der Waals surface area contributed by atoms with Crippen LogP contribution in [0.5, 0.6) is 0 Å². The van der Waals surface area contributed by atoms with E-state index in [1.807, 2.05) is 0 Å². The van der Waals surface area contributed by atoms with Crippen molar-refractivity contribution in [3.8, 4) is 0 Å². The summed E-state index contributed by atoms with van der Waals surface area (Å²) in [6.07, 6.45) is -4.03. The van der Waals surface area contributed by atoms with Gasteiger partial charge in [0.05, 0.1) is 21.5 Å². The SMILES string of the molecule is O=C1C[C@H](Sc2ncc(C(F)(F)F)cc2Cl)C(=O)N1c1ccc(Cl)cc1. The Morgan fingerprint density at radius 1 is 1.15 bits per heavy atom. The number of amides is 2. The van der Waals surface area contributed by atoms with E-state index < -0.39 is 28.8 Å². The van der Waals surface area contributed by atoms with E-state index in [4.69, 9.17) is 23.2 Å². The molecule has 1 aliphatic rings. The second kappa shape index (κ2) is 7.09. The molecule has 0 bridgehead atoms. The molecule has 1 aromatic heterocycles.